The van der Waals surface area contributed by atoms with Gasteiger partial charge in [-0.3, -0.25) is 13.9 Å². The van der Waals surface area contributed by atoms with E-state index in [1.165, 1.54) is 35.2 Å². The average molecular weight is 607 g/mol. The van der Waals surface area contributed by atoms with E-state index >= 15 is 0 Å². The van der Waals surface area contributed by atoms with Crippen molar-refractivity contribution in [1.29, 1.82) is 0 Å². The van der Waals surface area contributed by atoms with Crippen LogP contribution in [0.3, 0.4) is 0 Å². The Hall–Kier alpha value is -3.27. The molecular formula is C29H33Cl2N3O5S. The largest absolute Gasteiger partial charge is 0.497 e. The van der Waals surface area contributed by atoms with Gasteiger partial charge in [0.1, 0.15) is 18.3 Å². The number of hydrogen-bond acceptors (Lipinski definition) is 5. The van der Waals surface area contributed by atoms with Crippen LogP contribution in [-0.2, 0) is 26.2 Å². The number of anilines is 1. The fourth-order valence-corrected chi connectivity index (χ4v) is 6.09. The first-order valence-electron chi connectivity index (χ1n) is 12.7. The molecule has 214 valence electrons. The second-order valence-electron chi connectivity index (χ2n) is 9.41. The summed E-state index contributed by atoms with van der Waals surface area (Å²) in [6.07, 6.45) is 0.314. The van der Waals surface area contributed by atoms with E-state index in [2.05, 4.69) is 5.32 Å². The van der Waals surface area contributed by atoms with Gasteiger partial charge in [0.2, 0.25) is 11.8 Å². The standard InChI is InChI=1S/C29H33Cl2N3O5S/c1-5-27(29(36)32-20(2)3)33(18-21-11-13-25(39-4)14-12-21)28(35)19-34(24-16-22(30)15-23(31)17-24)40(37,38)26-9-7-6-8-10-26/h6-17,20,27H,5,18-19H2,1-4H3,(H,32,36). The van der Waals surface area contributed by atoms with E-state index in [-0.39, 0.29) is 39.1 Å². The summed E-state index contributed by atoms with van der Waals surface area (Å²) < 4.78 is 33.9. The Balaban J connectivity index is 2.08. The van der Waals surface area contributed by atoms with Crippen molar-refractivity contribution in [2.24, 2.45) is 0 Å². The molecule has 0 radical (unpaired) electrons. The molecule has 1 atom stereocenters. The number of halogens is 2. The Labute approximate surface area is 245 Å². The van der Waals surface area contributed by atoms with Crippen molar-refractivity contribution < 1.29 is 22.7 Å². The molecule has 0 aliphatic heterocycles. The number of methoxy groups -OCH3 is 1. The van der Waals surface area contributed by atoms with Crippen LogP contribution in [0.1, 0.15) is 32.8 Å². The lowest BCUT2D eigenvalue weighted by molar-refractivity contribution is -0.140. The number of nitrogens with zero attached hydrogens (tertiary/aromatic N) is 2. The maximum Gasteiger partial charge on any atom is 0.264 e. The van der Waals surface area contributed by atoms with E-state index in [0.717, 1.165) is 9.87 Å². The van der Waals surface area contributed by atoms with Crippen LogP contribution in [0, 0.1) is 0 Å². The van der Waals surface area contributed by atoms with Crippen LogP contribution in [0.15, 0.2) is 77.7 Å². The molecule has 3 rings (SSSR count). The van der Waals surface area contributed by atoms with Crippen molar-refractivity contribution in [3.63, 3.8) is 0 Å². The van der Waals surface area contributed by atoms with Crippen LogP contribution in [0.4, 0.5) is 5.69 Å². The van der Waals surface area contributed by atoms with Crippen LogP contribution < -0.4 is 14.4 Å². The van der Waals surface area contributed by atoms with Crippen molar-refractivity contribution in [2.45, 2.75) is 50.7 Å². The van der Waals surface area contributed by atoms with Gasteiger partial charge in [-0.2, -0.15) is 0 Å². The number of nitrogens with one attached hydrogen (secondary N) is 1. The topological polar surface area (TPSA) is 96.0 Å². The molecule has 0 heterocycles. The lowest BCUT2D eigenvalue weighted by Gasteiger charge is -2.33. The van der Waals surface area contributed by atoms with Crippen molar-refractivity contribution >= 4 is 50.7 Å². The molecule has 40 heavy (non-hydrogen) atoms. The van der Waals surface area contributed by atoms with Crippen molar-refractivity contribution in [2.75, 3.05) is 18.0 Å². The minimum absolute atomic E-state index is 0.00908. The molecule has 1 N–H and O–H groups in total. The molecule has 0 spiro atoms. The zero-order valence-corrected chi connectivity index (χ0v) is 25.1. The Bertz CT molecular complexity index is 1400. The number of hydrogen-bond donors (Lipinski definition) is 1. The van der Waals surface area contributed by atoms with Crippen LogP contribution >= 0.6 is 23.2 Å². The third-order valence-electron chi connectivity index (χ3n) is 6.07. The van der Waals surface area contributed by atoms with Crippen molar-refractivity contribution in [1.82, 2.24) is 10.2 Å². The third kappa shape index (κ3) is 7.90. The minimum Gasteiger partial charge on any atom is -0.497 e. The first-order chi connectivity index (χ1) is 19.0. The molecular weight excluding hydrogens is 573 g/mol. The van der Waals surface area contributed by atoms with Crippen molar-refractivity contribution in [3.8, 4) is 5.75 Å². The summed E-state index contributed by atoms with van der Waals surface area (Å²) in [5, 5.41) is 3.29. The van der Waals surface area contributed by atoms with Crippen LogP contribution in [0.2, 0.25) is 10.0 Å². The summed E-state index contributed by atoms with van der Waals surface area (Å²) in [6, 6.07) is 18.2. The van der Waals surface area contributed by atoms with E-state index < -0.39 is 28.5 Å². The first kappa shape index (κ1) is 31.3. The Kier molecular flexibility index (Phi) is 10.8. The lowest BCUT2D eigenvalue weighted by atomic mass is 10.1. The molecule has 0 bridgehead atoms. The fourth-order valence-electron chi connectivity index (χ4n) is 4.16. The third-order valence-corrected chi connectivity index (χ3v) is 8.30. The van der Waals surface area contributed by atoms with Gasteiger partial charge in [0, 0.05) is 22.6 Å². The smallest absolute Gasteiger partial charge is 0.264 e. The Morgan fingerprint density at radius 3 is 2.08 bits per heavy atom. The lowest BCUT2D eigenvalue weighted by Crippen LogP contribution is -2.53. The zero-order chi connectivity index (χ0) is 29.4. The van der Waals surface area contributed by atoms with Gasteiger partial charge in [0.25, 0.3) is 10.0 Å². The van der Waals surface area contributed by atoms with Crippen LogP contribution in [-0.4, -0.2) is 50.9 Å². The number of carbonyl (C=O) groups excluding carboxylic acids is 2. The molecule has 0 aliphatic rings. The van der Waals surface area contributed by atoms with Gasteiger partial charge in [0.15, 0.2) is 0 Å². The summed E-state index contributed by atoms with van der Waals surface area (Å²) in [4.78, 5) is 28.6. The SMILES string of the molecule is CCC(C(=O)NC(C)C)N(Cc1ccc(OC)cc1)C(=O)CN(c1cc(Cl)cc(Cl)c1)S(=O)(=O)c1ccccc1. The number of benzene rings is 3. The summed E-state index contributed by atoms with van der Waals surface area (Å²) in [5.41, 5.74) is 0.868. The molecule has 0 saturated heterocycles. The molecule has 0 aromatic heterocycles. The van der Waals surface area contributed by atoms with E-state index in [4.69, 9.17) is 27.9 Å². The highest BCUT2D eigenvalue weighted by molar-refractivity contribution is 7.92. The number of ether oxygens (including phenoxy) is 1. The highest BCUT2D eigenvalue weighted by atomic mass is 35.5. The van der Waals surface area contributed by atoms with Gasteiger partial charge in [-0.05, 0) is 68.3 Å². The van der Waals surface area contributed by atoms with E-state index in [1.807, 2.05) is 13.8 Å². The summed E-state index contributed by atoms with van der Waals surface area (Å²) in [7, 11) is -2.66. The van der Waals surface area contributed by atoms with Crippen LogP contribution in [0.25, 0.3) is 0 Å². The molecule has 11 heteroatoms. The van der Waals surface area contributed by atoms with Gasteiger partial charge in [-0.25, -0.2) is 8.42 Å². The predicted octanol–water partition coefficient (Wildman–Crippen LogP) is 5.53. The molecule has 3 aromatic carbocycles. The Morgan fingerprint density at radius 1 is 0.950 bits per heavy atom. The summed E-state index contributed by atoms with van der Waals surface area (Å²) >= 11 is 12.4. The second kappa shape index (κ2) is 13.9. The molecule has 8 nitrogen and oxygen atoms in total. The maximum absolute atomic E-state index is 14.0. The second-order valence-corrected chi connectivity index (χ2v) is 12.1. The van der Waals surface area contributed by atoms with Gasteiger partial charge in [-0.1, -0.05) is 60.5 Å². The number of sulfonamides is 1. The molecule has 0 saturated carbocycles. The van der Waals surface area contributed by atoms with Gasteiger partial charge >= 0.3 is 0 Å². The fraction of sp³-hybridized carbons (Fsp3) is 0.310. The number of rotatable bonds is 12. The first-order valence-corrected chi connectivity index (χ1v) is 14.9. The molecule has 0 fully saturated rings. The highest BCUT2D eigenvalue weighted by Gasteiger charge is 2.34. The number of carbonyl (C=O) groups is 2. The monoisotopic (exact) mass is 605 g/mol. The van der Waals surface area contributed by atoms with E-state index in [1.54, 1.807) is 56.5 Å². The minimum atomic E-state index is -4.22. The van der Waals surface area contributed by atoms with Gasteiger partial charge in [-0.15, -0.1) is 0 Å². The van der Waals surface area contributed by atoms with Crippen molar-refractivity contribution in [3.05, 3.63) is 88.4 Å². The van der Waals surface area contributed by atoms with E-state index in [9.17, 15) is 18.0 Å². The zero-order valence-electron chi connectivity index (χ0n) is 22.8. The summed E-state index contributed by atoms with van der Waals surface area (Å²) in [5.74, 6) is -0.260. The highest BCUT2D eigenvalue weighted by Crippen LogP contribution is 2.30. The maximum atomic E-state index is 14.0. The van der Waals surface area contributed by atoms with Gasteiger partial charge < -0.3 is 15.0 Å². The molecule has 0 aliphatic carbocycles. The summed E-state index contributed by atoms with van der Waals surface area (Å²) in [6.45, 7) is 4.95. The Morgan fingerprint density at radius 2 is 1.55 bits per heavy atom. The van der Waals surface area contributed by atoms with Crippen LogP contribution in [0.5, 0.6) is 5.75 Å². The van der Waals surface area contributed by atoms with E-state index in [0.29, 0.717) is 12.2 Å². The quantitative estimate of drug-likeness (QED) is 0.293. The molecule has 3 aromatic rings. The number of amides is 2. The predicted molar refractivity (Wildman–Crippen MR) is 158 cm³/mol. The molecule has 1 unspecified atom stereocenters. The average Bonchev–Trinajstić information content (AvgIpc) is 2.91. The van der Waals surface area contributed by atoms with Gasteiger partial charge in [0.05, 0.1) is 17.7 Å². The normalized spacial score (nSPS) is 12.1. The molecule has 2 amide bonds.